The van der Waals surface area contributed by atoms with Crippen molar-refractivity contribution in [2.75, 3.05) is 13.2 Å². The van der Waals surface area contributed by atoms with Crippen LogP contribution in [0.2, 0.25) is 0 Å². The smallest absolute Gasteiger partial charge is 0.275 e. The highest BCUT2D eigenvalue weighted by molar-refractivity contribution is 5.95. The van der Waals surface area contributed by atoms with Gasteiger partial charge in [-0.05, 0) is 26.0 Å². The molecule has 20 heavy (non-hydrogen) atoms. The largest absolute Gasteiger partial charge is 0.394 e. The number of nitrogens with zero attached hydrogens (tertiary/aromatic N) is 5. The van der Waals surface area contributed by atoms with Crippen LogP contribution in [-0.2, 0) is 0 Å². The van der Waals surface area contributed by atoms with Gasteiger partial charge >= 0.3 is 0 Å². The van der Waals surface area contributed by atoms with Crippen molar-refractivity contribution in [1.29, 1.82) is 0 Å². The van der Waals surface area contributed by atoms with Crippen molar-refractivity contribution >= 4 is 5.91 Å². The molecular formula is C13H17N5O2. The number of carbonyl (C=O) groups excluding carboxylic acids is 1. The summed E-state index contributed by atoms with van der Waals surface area (Å²) in [7, 11) is 0. The van der Waals surface area contributed by atoms with Gasteiger partial charge in [0.25, 0.3) is 5.91 Å². The second-order valence-corrected chi connectivity index (χ2v) is 4.31. The van der Waals surface area contributed by atoms with Crippen LogP contribution in [0.1, 0.15) is 24.3 Å². The van der Waals surface area contributed by atoms with Crippen molar-refractivity contribution in [1.82, 2.24) is 24.9 Å². The van der Waals surface area contributed by atoms with E-state index < -0.39 is 0 Å². The van der Waals surface area contributed by atoms with Crippen LogP contribution in [0.5, 0.6) is 0 Å². The number of pyridine rings is 1. The molecule has 0 aliphatic rings. The fraction of sp³-hybridized carbons (Fsp3) is 0.385. The summed E-state index contributed by atoms with van der Waals surface area (Å²) in [4.78, 5) is 19.6. The Kier molecular flexibility index (Phi) is 4.41. The van der Waals surface area contributed by atoms with Gasteiger partial charge in [0.15, 0.2) is 5.69 Å². The van der Waals surface area contributed by atoms with Crippen molar-refractivity contribution in [2.24, 2.45) is 0 Å². The van der Waals surface area contributed by atoms with Gasteiger partial charge in [0.05, 0.1) is 25.0 Å². The van der Waals surface area contributed by atoms with E-state index >= 15 is 0 Å². The van der Waals surface area contributed by atoms with E-state index in [0.717, 1.165) is 0 Å². The van der Waals surface area contributed by atoms with Crippen molar-refractivity contribution < 1.29 is 9.90 Å². The molecule has 0 saturated heterocycles. The van der Waals surface area contributed by atoms with E-state index in [1.165, 1.54) is 17.2 Å². The summed E-state index contributed by atoms with van der Waals surface area (Å²) in [6, 6.07) is 3.19. The lowest BCUT2D eigenvalue weighted by atomic mass is 10.2. The molecule has 1 unspecified atom stereocenters. The molecule has 0 spiro atoms. The number of hydrogen-bond donors (Lipinski definition) is 1. The Morgan fingerprint density at radius 1 is 1.40 bits per heavy atom. The van der Waals surface area contributed by atoms with E-state index in [4.69, 9.17) is 0 Å². The van der Waals surface area contributed by atoms with Gasteiger partial charge < -0.3 is 10.0 Å². The molecule has 2 aromatic rings. The molecule has 0 aliphatic heterocycles. The van der Waals surface area contributed by atoms with Gasteiger partial charge in [-0.1, -0.05) is 0 Å². The Labute approximate surface area is 116 Å². The van der Waals surface area contributed by atoms with Gasteiger partial charge in [0.2, 0.25) is 0 Å². The third-order valence-electron chi connectivity index (χ3n) is 3.02. The zero-order chi connectivity index (χ0) is 14.5. The van der Waals surface area contributed by atoms with Crippen LogP contribution in [0.4, 0.5) is 0 Å². The zero-order valence-corrected chi connectivity index (χ0v) is 11.5. The molecule has 1 amide bonds. The molecule has 2 heterocycles. The summed E-state index contributed by atoms with van der Waals surface area (Å²) in [6.45, 7) is 4.04. The van der Waals surface area contributed by atoms with Gasteiger partial charge in [-0.2, -0.15) is 10.2 Å². The third kappa shape index (κ3) is 2.67. The van der Waals surface area contributed by atoms with Gasteiger partial charge in [-0.15, -0.1) is 4.80 Å². The third-order valence-corrected chi connectivity index (χ3v) is 3.02. The normalized spacial score (nSPS) is 12.2. The molecule has 1 N–H and O–H groups in total. The second-order valence-electron chi connectivity index (χ2n) is 4.31. The van der Waals surface area contributed by atoms with Crippen molar-refractivity contribution in [3.05, 3.63) is 36.4 Å². The monoisotopic (exact) mass is 275 g/mol. The number of aromatic nitrogens is 4. The highest BCUT2D eigenvalue weighted by Crippen LogP contribution is 2.13. The molecular weight excluding hydrogens is 258 g/mol. The van der Waals surface area contributed by atoms with E-state index in [9.17, 15) is 9.90 Å². The Morgan fingerprint density at radius 2 is 2.10 bits per heavy atom. The summed E-state index contributed by atoms with van der Waals surface area (Å²) >= 11 is 0. The predicted octanol–water partition coefficient (Wildman–Crippen LogP) is 0.505. The standard InChI is InChI=1S/C13H17N5O2/c1-3-17(10(2)9-19)13(20)12-11(5-4-6-14-12)18-15-7-8-16-18/h4-8,10,19H,3,9H2,1-2H3. The van der Waals surface area contributed by atoms with E-state index in [1.54, 1.807) is 30.2 Å². The topological polar surface area (TPSA) is 84.1 Å². The van der Waals surface area contributed by atoms with E-state index in [0.29, 0.717) is 12.2 Å². The first-order valence-electron chi connectivity index (χ1n) is 6.42. The summed E-state index contributed by atoms with van der Waals surface area (Å²) in [5, 5.41) is 17.3. The molecule has 0 aliphatic carbocycles. The SMILES string of the molecule is CCN(C(=O)c1ncccc1-n1nccn1)C(C)CO. The number of likely N-dealkylation sites (N-methyl/N-ethyl adjacent to an activating group) is 1. The summed E-state index contributed by atoms with van der Waals surface area (Å²) in [6.07, 6.45) is 4.63. The van der Waals surface area contributed by atoms with E-state index in [2.05, 4.69) is 15.2 Å². The second kappa shape index (κ2) is 6.25. The maximum atomic E-state index is 12.6. The molecule has 0 aromatic carbocycles. The minimum atomic E-state index is -0.270. The molecule has 2 aromatic heterocycles. The number of amides is 1. The maximum Gasteiger partial charge on any atom is 0.275 e. The maximum absolute atomic E-state index is 12.6. The van der Waals surface area contributed by atoms with Gasteiger partial charge in [0, 0.05) is 12.7 Å². The van der Waals surface area contributed by atoms with Crippen LogP contribution >= 0.6 is 0 Å². The minimum Gasteiger partial charge on any atom is -0.394 e. The predicted molar refractivity (Wildman–Crippen MR) is 72.4 cm³/mol. The fourth-order valence-corrected chi connectivity index (χ4v) is 1.95. The molecule has 0 saturated carbocycles. The van der Waals surface area contributed by atoms with Crippen molar-refractivity contribution in [3.8, 4) is 5.69 Å². The number of hydrogen-bond acceptors (Lipinski definition) is 5. The first kappa shape index (κ1) is 14.1. The number of aliphatic hydroxyl groups is 1. The number of aliphatic hydroxyl groups excluding tert-OH is 1. The number of rotatable bonds is 5. The van der Waals surface area contributed by atoms with Crippen LogP contribution in [0.15, 0.2) is 30.7 Å². The molecule has 1 atom stereocenters. The average Bonchev–Trinajstić information content (AvgIpc) is 3.01. The lowest BCUT2D eigenvalue weighted by molar-refractivity contribution is 0.0626. The Morgan fingerprint density at radius 3 is 2.70 bits per heavy atom. The van der Waals surface area contributed by atoms with Gasteiger partial charge in [0.1, 0.15) is 5.69 Å². The molecule has 0 radical (unpaired) electrons. The van der Waals surface area contributed by atoms with Crippen molar-refractivity contribution in [3.63, 3.8) is 0 Å². The quantitative estimate of drug-likeness (QED) is 0.859. The van der Waals surface area contributed by atoms with Gasteiger partial charge in [-0.25, -0.2) is 4.98 Å². The number of carbonyl (C=O) groups is 1. The Bertz CT molecular complexity index is 570. The average molecular weight is 275 g/mol. The van der Waals surface area contributed by atoms with Crippen LogP contribution in [0.25, 0.3) is 5.69 Å². The Balaban J connectivity index is 2.40. The highest BCUT2D eigenvalue weighted by atomic mass is 16.3. The van der Waals surface area contributed by atoms with Crippen LogP contribution in [0.3, 0.4) is 0 Å². The van der Waals surface area contributed by atoms with Crippen LogP contribution in [0, 0.1) is 0 Å². The molecule has 0 fully saturated rings. The fourth-order valence-electron chi connectivity index (χ4n) is 1.95. The Hall–Kier alpha value is -2.28. The molecule has 2 rings (SSSR count). The van der Waals surface area contributed by atoms with Crippen molar-refractivity contribution in [2.45, 2.75) is 19.9 Å². The first-order valence-corrected chi connectivity index (χ1v) is 6.42. The lowest BCUT2D eigenvalue weighted by Crippen LogP contribution is -2.41. The summed E-state index contributed by atoms with van der Waals surface area (Å²) in [5.74, 6) is -0.248. The molecule has 7 heteroatoms. The van der Waals surface area contributed by atoms with Crippen LogP contribution in [-0.4, -0.2) is 55.1 Å². The van der Waals surface area contributed by atoms with E-state index in [-0.39, 0.29) is 24.2 Å². The lowest BCUT2D eigenvalue weighted by Gasteiger charge is -2.26. The summed E-state index contributed by atoms with van der Waals surface area (Å²) in [5.41, 5.74) is 0.789. The minimum absolute atomic E-state index is 0.0955. The first-order chi connectivity index (χ1) is 9.69. The van der Waals surface area contributed by atoms with E-state index in [1.807, 2.05) is 6.92 Å². The molecule has 7 nitrogen and oxygen atoms in total. The summed E-state index contributed by atoms with van der Waals surface area (Å²) < 4.78 is 0. The van der Waals surface area contributed by atoms with Crippen LogP contribution < -0.4 is 0 Å². The zero-order valence-electron chi connectivity index (χ0n) is 11.5. The molecule has 106 valence electrons. The highest BCUT2D eigenvalue weighted by Gasteiger charge is 2.24. The molecule has 0 bridgehead atoms. The van der Waals surface area contributed by atoms with Gasteiger partial charge in [-0.3, -0.25) is 4.79 Å².